The summed E-state index contributed by atoms with van der Waals surface area (Å²) in [6.07, 6.45) is 1.72. The van der Waals surface area contributed by atoms with Gasteiger partial charge in [0.25, 0.3) is 5.69 Å². The molecule has 0 saturated carbocycles. The third kappa shape index (κ3) is 2.42. The van der Waals surface area contributed by atoms with Gasteiger partial charge in [-0.1, -0.05) is 0 Å². The molecule has 0 unspecified atom stereocenters. The van der Waals surface area contributed by atoms with E-state index >= 15 is 0 Å². The Morgan fingerprint density at radius 1 is 1.47 bits per heavy atom. The van der Waals surface area contributed by atoms with Crippen LogP contribution in [0.3, 0.4) is 0 Å². The van der Waals surface area contributed by atoms with Crippen molar-refractivity contribution in [1.82, 2.24) is 14.5 Å². The molecule has 1 aromatic heterocycles. The second kappa shape index (κ2) is 4.50. The first-order valence-corrected chi connectivity index (χ1v) is 5.32. The second-order valence-electron chi connectivity index (χ2n) is 4.17. The lowest BCUT2D eigenvalue weighted by atomic mass is 10.3. The minimum atomic E-state index is -0.404. The number of hydrogen-bond acceptors (Lipinski definition) is 4. The van der Waals surface area contributed by atoms with Crippen molar-refractivity contribution in [2.45, 2.75) is 6.54 Å². The van der Waals surface area contributed by atoms with E-state index in [-0.39, 0.29) is 5.69 Å². The summed E-state index contributed by atoms with van der Waals surface area (Å²) >= 11 is 0. The Hall–Kier alpha value is -1.95. The fraction of sp³-hybridized carbons (Fsp3) is 0.364. The van der Waals surface area contributed by atoms with Crippen LogP contribution in [0.2, 0.25) is 0 Å². The molecule has 0 amide bonds. The lowest BCUT2D eigenvalue weighted by molar-refractivity contribution is -0.384. The molecule has 1 heterocycles. The SMILES string of the molecule is CN(C)CCn1cnc2cc([N+](=O)[O-])ccc21. The van der Waals surface area contributed by atoms with Gasteiger partial charge < -0.3 is 9.47 Å². The summed E-state index contributed by atoms with van der Waals surface area (Å²) in [5.41, 5.74) is 1.67. The predicted molar refractivity (Wildman–Crippen MR) is 64.9 cm³/mol. The number of rotatable bonds is 4. The zero-order chi connectivity index (χ0) is 12.4. The number of aromatic nitrogens is 2. The summed E-state index contributed by atoms with van der Waals surface area (Å²) in [6.45, 7) is 1.73. The number of likely N-dealkylation sites (N-methyl/N-ethyl adjacent to an activating group) is 1. The summed E-state index contributed by atoms with van der Waals surface area (Å²) < 4.78 is 2.00. The van der Waals surface area contributed by atoms with E-state index in [0.717, 1.165) is 18.6 Å². The lowest BCUT2D eigenvalue weighted by Crippen LogP contribution is -2.17. The van der Waals surface area contributed by atoms with Crippen molar-refractivity contribution in [3.63, 3.8) is 0 Å². The van der Waals surface area contributed by atoms with Crippen molar-refractivity contribution in [3.05, 3.63) is 34.6 Å². The van der Waals surface area contributed by atoms with Crippen molar-refractivity contribution >= 4 is 16.7 Å². The van der Waals surface area contributed by atoms with E-state index in [1.165, 1.54) is 12.1 Å². The molecule has 6 nitrogen and oxygen atoms in total. The highest BCUT2D eigenvalue weighted by Gasteiger charge is 2.09. The molecule has 2 aromatic rings. The van der Waals surface area contributed by atoms with Gasteiger partial charge in [-0.3, -0.25) is 10.1 Å². The zero-order valence-electron chi connectivity index (χ0n) is 9.83. The number of nitro benzene ring substituents is 1. The van der Waals surface area contributed by atoms with E-state index in [1.807, 2.05) is 18.7 Å². The van der Waals surface area contributed by atoms with Gasteiger partial charge in [0, 0.05) is 25.2 Å². The number of imidazole rings is 1. The molecular formula is C11H14N4O2. The van der Waals surface area contributed by atoms with Crippen molar-refractivity contribution in [3.8, 4) is 0 Å². The van der Waals surface area contributed by atoms with Crippen LogP contribution in [0, 0.1) is 10.1 Å². The minimum Gasteiger partial charge on any atom is -0.329 e. The van der Waals surface area contributed by atoms with E-state index < -0.39 is 4.92 Å². The molecule has 90 valence electrons. The Balaban J connectivity index is 2.31. The Morgan fingerprint density at radius 2 is 2.24 bits per heavy atom. The molecule has 0 spiro atoms. The quantitative estimate of drug-likeness (QED) is 0.594. The summed E-state index contributed by atoms with van der Waals surface area (Å²) in [5, 5.41) is 10.6. The number of hydrogen-bond donors (Lipinski definition) is 0. The van der Waals surface area contributed by atoms with Gasteiger partial charge in [-0.15, -0.1) is 0 Å². The van der Waals surface area contributed by atoms with Gasteiger partial charge in [0.05, 0.1) is 22.3 Å². The molecule has 0 bridgehead atoms. The normalized spacial score (nSPS) is 11.2. The van der Waals surface area contributed by atoms with Crippen molar-refractivity contribution < 1.29 is 4.92 Å². The first-order chi connectivity index (χ1) is 8.08. The van der Waals surface area contributed by atoms with Gasteiger partial charge in [0.1, 0.15) is 0 Å². The van der Waals surface area contributed by atoms with E-state index in [0.29, 0.717) is 5.52 Å². The summed E-state index contributed by atoms with van der Waals surface area (Å²) in [6, 6.07) is 4.76. The van der Waals surface area contributed by atoms with Crippen LogP contribution in [-0.4, -0.2) is 40.0 Å². The molecule has 0 radical (unpaired) electrons. The van der Waals surface area contributed by atoms with E-state index in [2.05, 4.69) is 9.88 Å². The van der Waals surface area contributed by atoms with Gasteiger partial charge in [0.2, 0.25) is 0 Å². The molecule has 0 aliphatic rings. The van der Waals surface area contributed by atoms with Crippen LogP contribution in [0.1, 0.15) is 0 Å². The van der Waals surface area contributed by atoms with Crippen LogP contribution in [0.4, 0.5) is 5.69 Å². The Labute approximate surface area is 98.6 Å². The van der Waals surface area contributed by atoms with Crippen LogP contribution in [0.5, 0.6) is 0 Å². The molecular weight excluding hydrogens is 220 g/mol. The highest BCUT2D eigenvalue weighted by molar-refractivity contribution is 5.77. The maximum atomic E-state index is 10.6. The Bertz CT molecular complexity index is 547. The summed E-state index contributed by atoms with van der Waals surface area (Å²) in [7, 11) is 4.01. The molecule has 0 atom stereocenters. The number of nitro groups is 1. The summed E-state index contributed by atoms with van der Waals surface area (Å²) in [5.74, 6) is 0. The molecule has 1 aromatic carbocycles. The van der Waals surface area contributed by atoms with E-state index in [4.69, 9.17) is 0 Å². The second-order valence-corrected chi connectivity index (χ2v) is 4.17. The van der Waals surface area contributed by atoms with Gasteiger partial charge in [-0.2, -0.15) is 0 Å². The highest BCUT2D eigenvalue weighted by Crippen LogP contribution is 2.19. The van der Waals surface area contributed by atoms with E-state index in [9.17, 15) is 10.1 Å². The van der Waals surface area contributed by atoms with Crippen LogP contribution >= 0.6 is 0 Å². The molecule has 0 saturated heterocycles. The first-order valence-electron chi connectivity index (χ1n) is 5.32. The molecule has 0 aliphatic carbocycles. The first kappa shape index (κ1) is 11.5. The van der Waals surface area contributed by atoms with Gasteiger partial charge in [0.15, 0.2) is 0 Å². The largest absolute Gasteiger partial charge is 0.329 e. The number of fused-ring (bicyclic) bond motifs is 1. The Kier molecular flexibility index (Phi) is 3.06. The van der Waals surface area contributed by atoms with Crippen LogP contribution < -0.4 is 0 Å². The fourth-order valence-corrected chi connectivity index (χ4v) is 1.65. The molecule has 17 heavy (non-hydrogen) atoms. The smallest absolute Gasteiger partial charge is 0.271 e. The fourth-order valence-electron chi connectivity index (χ4n) is 1.65. The van der Waals surface area contributed by atoms with Crippen LogP contribution in [0.15, 0.2) is 24.5 Å². The molecule has 6 heteroatoms. The standard InChI is InChI=1S/C11H14N4O2/c1-13(2)5-6-14-8-12-10-7-9(15(16)17)3-4-11(10)14/h3-4,7-8H,5-6H2,1-2H3. The monoisotopic (exact) mass is 234 g/mol. The average Bonchev–Trinajstić information content (AvgIpc) is 2.68. The lowest BCUT2D eigenvalue weighted by Gasteiger charge is -2.10. The van der Waals surface area contributed by atoms with Gasteiger partial charge in [-0.05, 0) is 20.2 Å². The van der Waals surface area contributed by atoms with Crippen LogP contribution in [0.25, 0.3) is 11.0 Å². The Morgan fingerprint density at radius 3 is 2.88 bits per heavy atom. The minimum absolute atomic E-state index is 0.0790. The number of nitrogens with zero attached hydrogens (tertiary/aromatic N) is 4. The highest BCUT2D eigenvalue weighted by atomic mass is 16.6. The average molecular weight is 234 g/mol. The van der Waals surface area contributed by atoms with Crippen molar-refractivity contribution in [2.75, 3.05) is 20.6 Å². The third-order valence-corrected chi connectivity index (χ3v) is 2.60. The maximum Gasteiger partial charge on any atom is 0.271 e. The molecule has 2 rings (SSSR count). The molecule has 0 fully saturated rings. The van der Waals surface area contributed by atoms with Crippen molar-refractivity contribution in [2.24, 2.45) is 0 Å². The molecule has 0 aliphatic heterocycles. The number of non-ortho nitro benzene ring substituents is 1. The van der Waals surface area contributed by atoms with Gasteiger partial charge in [-0.25, -0.2) is 4.98 Å². The van der Waals surface area contributed by atoms with Crippen LogP contribution in [-0.2, 0) is 6.54 Å². The zero-order valence-corrected chi connectivity index (χ0v) is 9.83. The maximum absolute atomic E-state index is 10.6. The molecule has 0 N–H and O–H groups in total. The van der Waals surface area contributed by atoms with Gasteiger partial charge >= 0.3 is 0 Å². The van der Waals surface area contributed by atoms with Crippen molar-refractivity contribution in [1.29, 1.82) is 0 Å². The summed E-state index contributed by atoms with van der Waals surface area (Å²) in [4.78, 5) is 16.5. The third-order valence-electron chi connectivity index (χ3n) is 2.60. The van der Waals surface area contributed by atoms with E-state index in [1.54, 1.807) is 12.4 Å². The topological polar surface area (TPSA) is 64.2 Å². The predicted octanol–water partition coefficient (Wildman–Crippen LogP) is 1.51. The number of benzene rings is 1.